The number of amides is 1. The fourth-order valence-electron chi connectivity index (χ4n) is 2.97. The lowest BCUT2D eigenvalue weighted by atomic mass is 10.2. The highest BCUT2D eigenvalue weighted by atomic mass is 19.1. The summed E-state index contributed by atoms with van der Waals surface area (Å²) in [6.45, 7) is 0.934. The molecular weight excluding hydrogens is 345 g/mol. The van der Waals surface area contributed by atoms with Gasteiger partial charge in [0.05, 0.1) is 36.7 Å². The van der Waals surface area contributed by atoms with Gasteiger partial charge in [-0.2, -0.15) is 10.2 Å². The number of halogens is 1. The average Bonchev–Trinajstić information content (AvgIpc) is 3.27. The Morgan fingerprint density at radius 2 is 1.96 bits per heavy atom. The van der Waals surface area contributed by atoms with Crippen molar-refractivity contribution in [1.82, 2.24) is 19.6 Å². The third-order valence-corrected chi connectivity index (χ3v) is 4.25. The Morgan fingerprint density at radius 3 is 2.85 bits per heavy atom. The van der Waals surface area contributed by atoms with Crippen LogP contribution in [-0.2, 0) is 17.9 Å². The Labute approximate surface area is 155 Å². The van der Waals surface area contributed by atoms with Crippen LogP contribution in [-0.4, -0.2) is 25.5 Å². The Bertz CT molecular complexity index is 1080. The van der Waals surface area contributed by atoms with Crippen LogP contribution in [0.4, 0.5) is 10.1 Å². The number of nitrogens with one attached hydrogen (secondary N) is 1. The van der Waals surface area contributed by atoms with Crippen LogP contribution in [0.15, 0.2) is 67.1 Å². The summed E-state index contributed by atoms with van der Waals surface area (Å²) < 4.78 is 16.7. The molecule has 0 unspecified atom stereocenters. The van der Waals surface area contributed by atoms with Gasteiger partial charge in [-0.1, -0.05) is 30.3 Å². The van der Waals surface area contributed by atoms with Gasteiger partial charge in [-0.3, -0.25) is 14.2 Å². The van der Waals surface area contributed by atoms with Crippen molar-refractivity contribution < 1.29 is 9.18 Å². The van der Waals surface area contributed by atoms with Gasteiger partial charge < -0.3 is 5.32 Å². The Kier molecular flexibility index (Phi) is 4.65. The number of benzene rings is 2. The summed E-state index contributed by atoms with van der Waals surface area (Å²) in [4.78, 5) is 12.2. The molecule has 0 radical (unpaired) electrons. The monoisotopic (exact) mass is 363 g/mol. The quantitative estimate of drug-likeness (QED) is 0.571. The molecule has 7 heteroatoms. The van der Waals surface area contributed by atoms with Crippen molar-refractivity contribution in [1.29, 1.82) is 0 Å². The summed E-state index contributed by atoms with van der Waals surface area (Å²) in [6.07, 6.45) is 5.41. The number of rotatable bonds is 6. The number of hydrogen-bond acceptors (Lipinski definition) is 3. The van der Waals surface area contributed by atoms with Crippen molar-refractivity contribution in [3.63, 3.8) is 0 Å². The van der Waals surface area contributed by atoms with Crippen LogP contribution in [0.2, 0.25) is 0 Å². The fourth-order valence-corrected chi connectivity index (χ4v) is 2.97. The molecule has 0 aliphatic heterocycles. The van der Waals surface area contributed by atoms with E-state index in [4.69, 9.17) is 0 Å². The largest absolute Gasteiger partial charge is 0.323 e. The van der Waals surface area contributed by atoms with Crippen LogP contribution in [0, 0.1) is 5.82 Å². The first-order valence-corrected chi connectivity index (χ1v) is 8.65. The first-order valence-electron chi connectivity index (χ1n) is 8.65. The van der Waals surface area contributed by atoms with Crippen LogP contribution in [0.25, 0.3) is 10.9 Å². The maximum absolute atomic E-state index is 13.3. The highest BCUT2D eigenvalue weighted by molar-refractivity contribution is 5.90. The number of anilines is 1. The molecule has 0 atom stereocenters. The van der Waals surface area contributed by atoms with E-state index in [9.17, 15) is 9.18 Å². The van der Waals surface area contributed by atoms with Crippen LogP contribution in [0.5, 0.6) is 0 Å². The standard InChI is InChI=1S/C20H18FN5O/c21-17-6-3-4-15(10-17)13-25-14-18(12-22-25)24-20(27)8-9-26-19-7-2-1-5-16(19)11-23-26/h1-7,10-12,14H,8-9,13H2,(H,24,27). The zero-order valence-electron chi connectivity index (χ0n) is 14.5. The number of fused-ring (bicyclic) bond motifs is 1. The predicted molar refractivity (Wildman–Crippen MR) is 101 cm³/mol. The van der Waals surface area contributed by atoms with E-state index in [1.165, 1.54) is 12.1 Å². The number of carbonyl (C=O) groups excluding carboxylic acids is 1. The normalized spacial score (nSPS) is 11.0. The summed E-state index contributed by atoms with van der Waals surface area (Å²) in [5, 5.41) is 12.4. The third kappa shape index (κ3) is 4.03. The lowest BCUT2D eigenvalue weighted by molar-refractivity contribution is -0.116. The molecular formula is C20H18FN5O. The summed E-state index contributed by atoms with van der Waals surface area (Å²) in [6, 6.07) is 14.3. The zero-order valence-corrected chi connectivity index (χ0v) is 14.5. The average molecular weight is 363 g/mol. The highest BCUT2D eigenvalue weighted by Gasteiger charge is 2.08. The zero-order chi connectivity index (χ0) is 18.6. The molecule has 0 spiro atoms. The first-order chi connectivity index (χ1) is 13.2. The molecule has 4 aromatic rings. The van der Waals surface area contributed by atoms with Crippen LogP contribution in [0.1, 0.15) is 12.0 Å². The molecule has 1 amide bonds. The Hall–Kier alpha value is -3.48. The van der Waals surface area contributed by atoms with E-state index in [0.29, 0.717) is 25.2 Å². The fraction of sp³-hybridized carbons (Fsp3) is 0.150. The first kappa shape index (κ1) is 17.0. The maximum Gasteiger partial charge on any atom is 0.226 e. The number of hydrogen-bond donors (Lipinski definition) is 1. The second kappa shape index (κ2) is 7.41. The van der Waals surface area contributed by atoms with Gasteiger partial charge in [-0.15, -0.1) is 0 Å². The van der Waals surface area contributed by atoms with E-state index in [1.54, 1.807) is 29.3 Å². The van der Waals surface area contributed by atoms with Gasteiger partial charge in [0.1, 0.15) is 5.82 Å². The topological polar surface area (TPSA) is 64.7 Å². The summed E-state index contributed by atoms with van der Waals surface area (Å²) in [5.74, 6) is -0.390. The smallest absolute Gasteiger partial charge is 0.226 e. The summed E-state index contributed by atoms with van der Waals surface area (Å²) >= 11 is 0. The molecule has 0 fully saturated rings. The van der Waals surface area contributed by atoms with Crippen LogP contribution in [0.3, 0.4) is 0 Å². The molecule has 6 nitrogen and oxygen atoms in total. The minimum atomic E-state index is -0.278. The molecule has 27 heavy (non-hydrogen) atoms. The van der Waals surface area contributed by atoms with Crippen molar-refractivity contribution in [2.75, 3.05) is 5.32 Å². The number of aryl methyl sites for hydroxylation is 1. The molecule has 1 N–H and O–H groups in total. The molecule has 0 saturated heterocycles. The molecule has 2 heterocycles. The van der Waals surface area contributed by atoms with Gasteiger partial charge >= 0.3 is 0 Å². The van der Waals surface area contributed by atoms with E-state index in [0.717, 1.165) is 16.5 Å². The second-order valence-corrected chi connectivity index (χ2v) is 6.28. The van der Waals surface area contributed by atoms with Gasteiger partial charge in [0, 0.05) is 18.0 Å². The number of carbonyl (C=O) groups is 1. The lowest BCUT2D eigenvalue weighted by Crippen LogP contribution is -2.14. The maximum atomic E-state index is 13.3. The third-order valence-electron chi connectivity index (χ3n) is 4.25. The molecule has 2 aromatic heterocycles. The summed E-state index contributed by atoms with van der Waals surface area (Å²) in [7, 11) is 0. The lowest BCUT2D eigenvalue weighted by Gasteiger charge is -2.05. The van der Waals surface area contributed by atoms with E-state index in [-0.39, 0.29) is 11.7 Å². The molecule has 0 aliphatic rings. The van der Waals surface area contributed by atoms with Gasteiger partial charge in [0.15, 0.2) is 0 Å². The molecule has 0 saturated carbocycles. The van der Waals surface area contributed by atoms with E-state index in [2.05, 4.69) is 15.5 Å². The predicted octanol–water partition coefficient (Wildman–Crippen LogP) is 3.45. The van der Waals surface area contributed by atoms with Gasteiger partial charge in [-0.25, -0.2) is 4.39 Å². The van der Waals surface area contributed by atoms with E-state index >= 15 is 0 Å². The second-order valence-electron chi connectivity index (χ2n) is 6.28. The SMILES string of the molecule is O=C(CCn1ncc2ccccc21)Nc1cnn(Cc2cccc(F)c2)c1. The Morgan fingerprint density at radius 1 is 1.07 bits per heavy atom. The van der Waals surface area contributed by atoms with Crippen molar-refractivity contribution in [3.8, 4) is 0 Å². The highest BCUT2D eigenvalue weighted by Crippen LogP contribution is 2.14. The number of para-hydroxylation sites is 1. The van der Waals surface area contributed by atoms with Crippen LogP contribution >= 0.6 is 0 Å². The van der Waals surface area contributed by atoms with Gasteiger partial charge in [-0.05, 0) is 23.8 Å². The molecule has 4 rings (SSSR count). The number of nitrogens with zero attached hydrogens (tertiary/aromatic N) is 4. The van der Waals surface area contributed by atoms with Crippen molar-refractivity contribution in [3.05, 3.63) is 78.5 Å². The molecule has 2 aromatic carbocycles. The molecule has 0 bridgehead atoms. The minimum absolute atomic E-state index is 0.111. The van der Waals surface area contributed by atoms with Gasteiger partial charge in [0.25, 0.3) is 0 Å². The van der Waals surface area contributed by atoms with E-state index < -0.39 is 0 Å². The van der Waals surface area contributed by atoms with Crippen molar-refractivity contribution in [2.45, 2.75) is 19.5 Å². The summed E-state index contributed by atoms with van der Waals surface area (Å²) in [5.41, 5.74) is 2.43. The van der Waals surface area contributed by atoms with Crippen LogP contribution < -0.4 is 5.32 Å². The Balaban J connectivity index is 1.34. The van der Waals surface area contributed by atoms with Crippen molar-refractivity contribution in [2.24, 2.45) is 0 Å². The molecule has 136 valence electrons. The van der Waals surface area contributed by atoms with Gasteiger partial charge in [0.2, 0.25) is 5.91 Å². The van der Waals surface area contributed by atoms with Crippen molar-refractivity contribution >= 4 is 22.5 Å². The molecule has 0 aliphatic carbocycles. The van der Waals surface area contributed by atoms with E-state index in [1.807, 2.05) is 35.0 Å². The number of aromatic nitrogens is 4. The minimum Gasteiger partial charge on any atom is -0.323 e.